The van der Waals surface area contributed by atoms with Crippen LogP contribution in [0.2, 0.25) is 0 Å². The van der Waals surface area contributed by atoms with Crippen LogP contribution >= 0.6 is 0 Å². The van der Waals surface area contributed by atoms with Crippen molar-refractivity contribution in [2.75, 3.05) is 0 Å². The summed E-state index contributed by atoms with van der Waals surface area (Å²) in [5.41, 5.74) is 1.60. The molecule has 15 heavy (non-hydrogen) atoms. The van der Waals surface area contributed by atoms with Crippen molar-refractivity contribution in [3.05, 3.63) is 0 Å². The zero-order valence-electron chi connectivity index (χ0n) is 9.42. The van der Waals surface area contributed by atoms with Gasteiger partial charge in [0.05, 0.1) is 0 Å². The Bertz CT molecular complexity index is 192. The molecule has 0 aromatic rings. The van der Waals surface area contributed by atoms with E-state index in [4.69, 9.17) is 5.21 Å². The smallest absolute Gasteiger partial charge is 0.243 e. The van der Waals surface area contributed by atoms with Crippen molar-refractivity contribution in [3.63, 3.8) is 0 Å². The van der Waals surface area contributed by atoms with Crippen molar-refractivity contribution in [2.45, 2.75) is 58.3 Å². The number of hydrogen-bond acceptors (Lipinski definition) is 3. The highest BCUT2D eigenvalue weighted by Gasteiger charge is 2.01. The van der Waals surface area contributed by atoms with Crippen molar-refractivity contribution in [2.24, 2.45) is 0 Å². The minimum atomic E-state index is -0.336. The van der Waals surface area contributed by atoms with Crippen molar-refractivity contribution < 1.29 is 14.8 Å². The van der Waals surface area contributed by atoms with Gasteiger partial charge in [0.2, 0.25) is 5.91 Å². The highest BCUT2D eigenvalue weighted by Crippen LogP contribution is 2.07. The van der Waals surface area contributed by atoms with E-state index < -0.39 is 0 Å². The molecule has 0 rings (SSSR count). The minimum absolute atomic E-state index is 0.336. The maximum absolute atomic E-state index is 11.1. The first-order valence-corrected chi connectivity index (χ1v) is 5.65. The number of rotatable bonds is 9. The van der Waals surface area contributed by atoms with Crippen LogP contribution < -0.4 is 5.48 Å². The molecule has 0 unspecified atom stereocenters. The summed E-state index contributed by atoms with van der Waals surface area (Å²) in [6.45, 7) is 2.01. The van der Waals surface area contributed by atoms with Gasteiger partial charge in [-0.1, -0.05) is 19.8 Å². The summed E-state index contributed by atoms with van der Waals surface area (Å²) in [4.78, 5) is 21.8. The van der Waals surface area contributed by atoms with Gasteiger partial charge in [-0.05, 0) is 19.3 Å². The molecule has 0 fully saturated rings. The zero-order chi connectivity index (χ0) is 11.5. The van der Waals surface area contributed by atoms with E-state index in [1.807, 2.05) is 6.92 Å². The maximum atomic E-state index is 11.1. The van der Waals surface area contributed by atoms with E-state index in [0.29, 0.717) is 25.0 Å². The molecule has 0 spiro atoms. The summed E-state index contributed by atoms with van der Waals surface area (Å²) in [7, 11) is 0. The lowest BCUT2D eigenvalue weighted by Crippen LogP contribution is -2.17. The number of hydroxylamine groups is 1. The Morgan fingerprint density at radius 2 is 1.60 bits per heavy atom. The van der Waals surface area contributed by atoms with Gasteiger partial charge in [0.1, 0.15) is 5.78 Å². The minimum Gasteiger partial charge on any atom is -0.300 e. The number of hydrogen-bond donors (Lipinski definition) is 2. The lowest BCUT2D eigenvalue weighted by molar-refractivity contribution is -0.129. The molecule has 0 aliphatic rings. The highest BCUT2D eigenvalue weighted by molar-refractivity contribution is 5.78. The van der Waals surface area contributed by atoms with Crippen LogP contribution in [-0.4, -0.2) is 16.9 Å². The number of ketones is 1. The summed E-state index contributed by atoms with van der Waals surface area (Å²) in [6.07, 6.45) is 6.25. The molecule has 0 radical (unpaired) electrons. The third-order valence-corrected chi connectivity index (χ3v) is 2.26. The number of carbonyl (C=O) groups is 2. The van der Waals surface area contributed by atoms with Gasteiger partial charge < -0.3 is 0 Å². The largest absolute Gasteiger partial charge is 0.300 e. The molecule has 0 heterocycles. The number of amides is 1. The summed E-state index contributed by atoms with van der Waals surface area (Å²) in [6, 6.07) is 0. The summed E-state index contributed by atoms with van der Waals surface area (Å²) in [5.74, 6) is 0.00246. The van der Waals surface area contributed by atoms with E-state index in [1.54, 1.807) is 5.48 Å². The van der Waals surface area contributed by atoms with Crippen LogP contribution in [-0.2, 0) is 9.59 Å². The third-order valence-electron chi connectivity index (χ3n) is 2.26. The van der Waals surface area contributed by atoms with Crippen molar-refractivity contribution in [1.82, 2.24) is 5.48 Å². The molecular formula is C11H21NO3. The molecule has 88 valence electrons. The maximum Gasteiger partial charge on any atom is 0.243 e. The molecular weight excluding hydrogens is 194 g/mol. The van der Waals surface area contributed by atoms with Gasteiger partial charge in [-0.3, -0.25) is 14.8 Å². The van der Waals surface area contributed by atoms with E-state index in [2.05, 4.69) is 0 Å². The van der Waals surface area contributed by atoms with Crippen LogP contribution in [0.5, 0.6) is 0 Å². The Hall–Kier alpha value is -0.900. The Labute approximate surface area is 91.0 Å². The van der Waals surface area contributed by atoms with E-state index in [-0.39, 0.29) is 5.91 Å². The first kappa shape index (κ1) is 14.1. The lowest BCUT2D eigenvalue weighted by Gasteiger charge is -2.00. The molecule has 0 aromatic heterocycles. The molecule has 1 amide bonds. The fourth-order valence-electron chi connectivity index (χ4n) is 1.42. The van der Waals surface area contributed by atoms with Gasteiger partial charge in [-0.2, -0.15) is 0 Å². The van der Waals surface area contributed by atoms with Crippen LogP contribution in [0.4, 0.5) is 0 Å². The molecule has 4 nitrogen and oxygen atoms in total. The SMILES string of the molecule is CCCC(=O)CCCCCCC(=O)NO. The molecule has 0 atom stereocenters. The average Bonchev–Trinajstić information content (AvgIpc) is 2.23. The van der Waals surface area contributed by atoms with Crippen LogP contribution in [0.1, 0.15) is 58.3 Å². The van der Waals surface area contributed by atoms with E-state index in [1.165, 1.54) is 0 Å². The Kier molecular flexibility index (Phi) is 9.07. The van der Waals surface area contributed by atoms with Crippen LogP contribution in [0.25, 0.3) is 0 Å². The molecule has 2 N–H and O–H groups in total. The highest BCUT2D eigenvalue weighted by atomic mass is 16.5. The summed E-state index contributed by atoms with van der Waals surface area (Å²) < 4.78 is 0. The fraction of sp³-hybridized carbons (Fsp3) is 0.818. The molecule has 0 saturated carbocycles. The van der Waals surface area contributed by atoms with Crippen LogP contribution in [0.3, 0.4) is 0 Å². The Balaban J connectivity index is 3.18. The number of nitrogens with one attached hydrogen (secondary N) is 1. The molecule has 4 heteroatoms. The second-order valence-corrected chi connectivity index (χ2v) is 3.74. The van der Waals surface area contributed by atoms with Gasteiger partial charge in [-0.15, -0.1) is 0 Å². The van der Waals surface area contributed by atoms with Crippen molar-refractivity contribution in [1.29, 1.82) is 0 Å². The average molecular weight is 215 g/mol. The topological polar surface area (TPSA) is 66.4 Å². The van der Waals surface area contributed by atoms with E-state index >= 15 is 0 Å². The molecule has 0 bridgehead atoms. The molecule has 0 aromatic carbocycles. The van der Waals surface area contributed by atoms with Crippen molar-refractivity contribution >= 4 is 11.7 Å². The standard InChI is InChI=1S/C11H21NO3/c1-2-7-10(13)8-5-3-4-6-9-11(14)12-15/h15H,2-9H2,1H3,(H,12,14). The van der Waals surface area contributed by atoms with Crippen molar-refractivity contribution in [3.8, 4) is 0 Å². The molecule has 0 saturated heterocycles. The Morgan fingerprint density at radius 1 is 1.00 bits per heavy atom. The van der Waals surface area contributed by atoms with Gasteiger partial charge in [0, 0.05) is 19.3 Å². The normalized spacial score (nSPS) is 10.0. The molecule has 0 aliphatic carbocycles. The number of unbranched alkanes of at least 4 members (excludes halogenated alkanes) is 3. The van der Waals surface area contributed by atoms with Crippen LogP contribution in [0, 0.1) is 0 Å². The van der Waals surface area contributed by atoms with Gasteiger partial charge in [-0.25, -0.2) is 5.48 Å². The van der Waals surface area contributed by atoms with Crippen LogP contribution in [0.15, 0.2) is 0 Å². The zero-order valence-corrected chi connectivity index (χ0v) is 9.42. The predicted molar refractivity (Wildman–Crippen MR) is 57.5 cm³/mol. The number of carbonyl (C=O) groups excluding carboxylic acids is 2. The number of Topliss-reactive ketones (excluding diaryl/α,β-unsaturated/α-hetero) is 1. The monoisotopic (exact) mass is 215 g/mol. The summed E-state index contributed by atoms with van der Waals surface area (Å²) >= 11 is 0. The quantitative estimate of drug-likeness (QED) is 0.352. The second kappa shape index (κ2) is 9.65. The summed E-state index contributed by atoms with van der Waals surface area (Å²) in [5, 5.41) is 8.23. The van der Waals surface area contributed by atoms with Gasteiger partial charge in [0.15, 0.2) is 0 Å². The first-order chi connectivity index (χ1) is 7.20. The lowest BCUT2D eigenvalue weighted by atomic mass is 10.1. The first-order valence-electron chi connectivity index (χ1n) is 5.65. The second-order valence-electron chi connectivity index (χ2n) is 3.74. The van der Waals surface area contributed by atoms with Gasteiger partial charge >= 0.3 is 0 Å². The fourth-order valence-corrected chi connectivity index (χ4v) is 1.42. The van der Waals surface area contributed by atoms with E-state index in [9.17, 15) is 9.59 Å². The third kappa shape index (κ3) is 9.41. The predicted octanol–water partition coefficient (Wildman–Crippen LogP) is 2.20. The van der Waals surface area contributed by atoms with Gasteiger partial charge in [0.25, 0.3) is 0 Å². The Morgan fingerprint density at radius 3 is 2.13 bits per heavy atom. The molecule has 0 aliphatic heterocycles. The van der Waals surface area contributed by atoms with E-state index in [0.717, 1.165) is 32.1 Å².